The summed E-state index contributed by atoms with van der Waals surface area (Å²) >= 11 is 0. The Hall–Kier alpha value is -1.47. The molecule has 0 bridgehead atoms. The Labute approximate surface area is 392 Å². The Kier molecular flexibility index (Phi) is 14.4. The monoisotopic (exact) mass is 956 g/mol. The van der Waals surface area contributed by atoms with Gasteiger partial charge in [0.15, 0.2) is 30.9 Å². The third-order valence-electron chi connectivity index (χ3n) is 18.3. The average Bonchev–Trinajstić information content (AvgIpc) is 3.75. The lowest BCUT2D eigenvalue weighted by atomic mass is 9.47. The summed E-state index contributed by atoms with van der Waals surface area (Å²) in [6.45, 7) is 10.9. The molecule has 9 aliphatic rings. The quantitative estimate of drug-likeness (QED) is 0.111. The maximum Gasteiger partial charge on any atom is 0.302 e. The van der Waals surface area contributed by atoms with E-state index in [2.05, 4.69) is 33.8 Å². The number of allylic oxidation sites excluding steroid dienone is 1. The third kappa shape index (κ3) is 8.68. The normalized spacial score (nSPS) is 55.2. The van der Waals surface area contributed by atoms with Gasteiger partial charge >= 0.3 is 5.97 Å². The van der Waals surface area contributed by atoms with Crippen molar-refractivity contribution in [1.29, 1.82) is 0 Å². The number of carbonyl (C=O) groups excluding carboxylic acids is 1. The van der Waals surface area contributed by atoms with E-state index in [1.165, 1.54) is 12.5 Å². The first-order chi connectivity index (χ1) is 31.7. The van der Waals surface area contributed by atoms with Crippen molar-refractivity contribution in [2.24, 2.45) is 46.3 Å². The van der Waals surface area contributed by atoms with E-state index < -0.39 is 123 Å². The predicted octanol–water partition coefficient (Wildman–Crippen LogP) is 0.757. The average molecular weight is 957 g/mol. The number of aliphatic hydroxyl groups excluding tert-OH is 8. The van der Waals surface area contributed by atoms with Crippen LogP contribution in [0.15, 0.2) is 11.6 Å². The number of carbonyl (C=O) groups is 1. The van der Waals surface area contributed by atoms with Crippen molar-refractivity contribution < 1.29 is 93.0 Å². The molecular weight excluding hydrogens is 881 g/mol. The minimum Gasteiger partial charge on any atom is -0.463 e. The molecule has 5 heterocycles. The van der Waals surface area contributed by atoms with Crippen molar-refractivity contribution in [2.75, 3.05) is 20.3 Å². The van der Waals surface area contributed by atoms with Gasteiger partial charge in [-0.3, -0.25) is 4.79 Å². The van der Waals surface area contributed by atoms with Gasteiger partial charge in [-0.2, -0.15) is 0 Å². The molecule has 3 saturated carbocycles. The molecule has 4 aliphatic carbocycles. The van der Waals surface area contributed by atoms with E-state index in [1.807, 2.05) is 0 Å². The maximum atomic E-state index is 12.1. The molecule has 382 valence electrons. The van der Waals surface area contributed by atoms with Gasteiger partial charge in [0.05, 0.1) is 24.9 Å². The number of hydrogen-bond acceptors (Lipinski definition) is 19. The van der Waals surface area contributed by atoms with Gasteiger partial charge in [0.25, 0.3) is 0 Å². The summed E-state index contributed by atoms with van der Waals surface area (Å²) in [6, 6.07) is 0. The number of esters is 1. The molecule has 1 spiro atoms. The van der Waals surface area contributed by atoms with Crippen LogP contribution in [0.4, 0.5) is 0 Å². The largest absolute Gasteiger partial charge is 0.463 e. The van der Waals surface area contributed by atoms with Gasteiger partial charge in [-0.25, -0.2) is 0 Å². The van der Waals surface area contributed by atoms with Crippen LogP contribution >= 0.6 is 0 Å². The lowest BCUT2D eigenvalue weighted by molar-refractivity contribution is -0.389. The fourth-order valence-electron chi connectivity index (χ4n) is 14.5. The molecule has 8 fully saturated rings. The van der Waals surface area contributed by atoms with Gasteiger partial charge < -0.3 is 88.2 Å². The minimum absolute atomic E-state index is 0.0708. The summed E-state index contributed by atoms with van der Waals surface area (Å²) in [5.74, 6) is 1.18. The maximum absolute atomic E-state index is 12.1. The summed E-state index contributed by atoms with van der Waals surface area (Å²) in [6.07, 6.45) is -13.3. The smallest absolute Gasteiger partial charge is 0.302 e. The number of aliphatic hydroxyl groups is 8. The van der Waals surface area contributed by atoms with Crippen molar-refractivity contribution in [2.45, 2.75) is 216 Å². The summed E-state index contributed by atoms with van der Waals surface area (Å²) in [4.78, 5) is 11.5. The SMILES string of the molecule is COC1OC2(CCC1C)OC1CC3C4CC=C5CC(OC6OC(CO)C(OC7OC(COC(C)=O)C(O)C(O)C7O)C(O)C6OC6OC(C)C(O)C(O)C6O)CCC5(C)C4CCC3(C)C1C2C. The molecule has 19 nitrogen and oxygen atoms in total. The zero-order valence-electron chi connectivity index (χ0n) is 39.8. The van der Waals surface area contributed by atoms with Gasteiger partial charge in [-0.1, -0.05) is 39.3 Å². The van der Waals surface area contributed by atoms with Crippen LogP contribution in [0.2, 0.25) is 0 Å². The molecule has 0 aromatic carbocycles. The Balaban J connectivity index is 0.913. The second-order valence-corrected chi connectivity index (χ2v) is 22.0. The first-order valence-electron chi connectivity index (χ1n) is 24.8. The van der Waals surface area contributed by atoms with Gasteiger partial charge in [-0.15, -0.1) is 0 Å². The van der Waals surface area contributed by atoms with E-state index in [1.54, 1.807) is 7.11 Å². The van der Waals surface area contributed by atoms with Gasteiger partial charge in [0, 0.05) is 32.3 Å². The minimum atomic E-state index is -1.86. The highest BCUT2D eigenvalue weighted by molar-refractivity contribution is 5.65. The molecule has 8 N–H and O–H groups in total. The van der Waals surface area contributed by atoms with Crippen molar-refractivity contribution in [3.63, 3.8) is 0 Å². The molecule has 9 rings (SSSR count). The molecule has 0 aromatic rings. The van der Waals surface area contributed by atoms with E-state index in [0.29, 0.717) is 42.4 Å². The molecule has 0 amide bonds. The molecule has 27 unspecified atom stereocenters. The van der Waals surface area contributed by atoms with Gasteiger partial charge in [0.1, 0.15) is 73.8 Å². The zero-order chi connectivity index (χ0) is 48.1. The van der Waals surface area contributed by atoms with Crippen LogP contribution < -0.4 is 0 Å². The van der Waals surface area contributed by atoms with E-state index in [4.69, 9.17) is 47.4 Å². The van der Waals surface area contributed by atoms with E-state index in [0.717, 1.165) is 51.9 Å². The Morgan fingerprint density at radius 1 is 0.731 bits per heavy atom. The van der Waals surface area contributed by atoms with Crippen LogP contribution in [-0.2, 0) is 52.2 Å². The second-order valence-electron chi connectivity index (χ2n) is 22.0. The van der Waals surface area contributed by atoms with Gasteiger partial charge in [-0.05, 0) is 92.8 Å². The molecule has 5 saturated heterocycles. The van der Waals surface area contributed by atoms with Crippen LogP contribution in [0.1, 0.15) is 99.3 Å². The van der Waals surface area contributed by atoms with E-state index >= 15 is 0 Å². The standard InChI is InChI=1S/C48H76O19/c1-20-10-15-48(67-42(20)58-7)21(2)32-29(66-48)17-28-26-9-8-24-16-25(11-13-46(24,5)27(26)12-14-47(28,32)6)61-45-41(65-43-37(55)35(53)33(51)22(3)60-43)39(57)40(30(18-49)62-45)64-44-38(56)36(54)34(52)31(63-44)19-59-23(4)50/h8,20-22,25-45,49,51-57H,9-19H2,1-7H3. The summed E-state index contributed by atoms with van der Waals surface area (Å²) in [7, 11) is 1.72. The Bertz CT molecular complexity index is 1790. The molecule has 0 radical (unpaired) electrons. The van der Waals surface area contributed by atoms with E-state index in [-0.39, 0.29) is 29.1 Å². The molecule has 19 heteroatoms. The number of rotatable bonds is 10. The molecular formula is C48H76O19. The number of hydrogen-bond donors (Lipinski definition) is 8. The molecule has 67 heavy (non-hydrogen) atoms. The first-order valence-corrected chi connectivity index (χ1v) is 24.8. The van der Waals surface area contributed by atoms with Crippen LogP contribution in [0.25, 0.3) is 0 Å². The topological polar surface area (TPSA) is 271 Å². The Morgan fingerprint density at radius 2 is 1.42 bits per heavy atom. The van der Waals surface area contributed by atoms with Crippen LogP contribution in [0.3, 0.4) is 0 Å². The van der Waals surface area contributed by atoms with Crippen molar-refractivity contribution >= 4 is 5.97 Å². The van der Waals surface area contributed by atoms with Crippen molar-refractivity contribution in [1.82, 2.24) is 0 Å². The highest BCUT2D eigenvalue weighted by Crippen LogP contribution is 2.71. The van der Waals surface area contributed by atoms with Gasteiger partial charge in [0.2, 0.25) is 0 Å². The Morgan fingerprint density at radius 3 is 2.12 bits per heavy atom. The van der Waals surface area contributed by atoms with Crippen LogP contribution in [-0.4, -0.2) is 184 Å². The second kappa shape index (κ2) is 19.2. The van der Waals surface area contributed by atoms with E-state index in [9.17, 15) is 45.6 Å². The third-order valence-corrected chi connectivity index (χ3v) is 18.3. The van der Waals surface area contributed by atoms with Crippen LogP contribution in [0.5, 0.6) is 0 Å². The van der Waals surface area contributed by atoms with Crippen LogP contribution in [0, 0.1) is 46.3 Å². The number of ether oxygens (including phenoxy) is 10. The highest BCUT2D eigenvalue weighted by atomic mass is 16.8. The lowest BCUT2D eigenvalue weighted by Crippen LogP contribution is -2.67. The molecule has 0 aromatic heterocycles. The van der Waals surface area contributed by atoms with Crippen molar-refractivity contribution in [3.8, 4) is 0 Å². The fraction of sp³-hybridized carbons (Fsp3) is 0.938. The number of methoxy groups -OCH3 is 1. The zero-order valence-corrected chi connectivity index (χ0v) is 39.8. The highest BCUT2D eigenvalue weighted by Gasteiger charge is 2.69. The number of fused-ring (bicyclic) bond motifs is 7. The van der Waals surface area contributed by atoms with Crippen molar-refractivity contribution in [3.05, 3.63) is 11.6 Å². The summed E-state index contributed by atoms with van der Waals surface area (Å²) in [5.41, 5.74) is 1.36. The lowest BCUT2D eigenvalue weighted by Gasteiger charge is -2.59. The summed E-state index contributed by atoms with van der Waals surface area (Å²) in [5, 5.41) is 87.0. The first kappa shape index (κ1) is 50.5. The summed E-state index contributed by atoms with van der Waals surface area (Å²) < 4.78 is 61.2. The molecule has 27 atom stereocenters. The fourth-order valence-corrected chi connectivity index (χ4v) is 14.5. The predicted molar refractivity (Wildman–Crippen MR) is 230 cm³/mol. The molecule has 5 aliphatic heterocycles.